The largest absolute Gasteiger partial charge is 0.481 e. The number of esters is 1. The van der Waals surface area contributed by atoms with Crippen LogP contribution in [0.25, 0.3) is 5.57 Å². The van der Waals surface area contributed by atoms with E-state index in [2.05, 4.69) is 24.1 Å². The maximum absolute atomic E-state index is 13.4. The van der Waals surface area contributed by atoms with Crippen LogP contribution in [0, 0.1) is 17.8 Å². The molecule has 41 heavy (non-hydrogen) atoms. The van der Waals surface area contributed by atoms with Crippen molar-refractivity contribution >= 4 is 11.5 Å². The molecule has 2 N–H and O–H groups in total. The number of aryl methyl sites for hydroxylation is 1. The number of ether oxygens (including phenoxy) is 2. The SMILES string of the molecule is COC(=O)C(C)(C)Cc1cnc(OC)c(C2=C(CN[C@@H](C)[C@H](O)c3cc(C)cc(C(F)(F)F)c3)CC(C)(C)CC2)c1. The highest BCUT2D eigenvalue weighted by Crippen LogP contribution is 2.44. The average Bonchev–Trinajstić information content (AvgIpc) is 2.89. The summed E-state index contributed by atoms with van der Waals surface area (Å²) in [6.07, 6.45) is -0.926. The first-order valence-electron chi connectivity index (χ1n) is 13.9. The van der Waals surface area contributed by atoms with Crippen molar-refractivity contribution < 1.29 is 32.5 Å². The van der Waals surface area contributed by atoms with E-state index in [1.54, 1.807) is 33.2 Å². The van der Waals surface area contributed by atoms with E-state index >= 15 is 0 Å². The monoisotopic (exact) mass is 576 g/mol. The molecule has 226 valence electrons. The van der Waals surface area contributed by atoms with E-state index in [-0.39, 0.29) is 16.9 Å². The fourth-order valence-electron chi connectivity index (χ4n) is 5.57. The van der Waals surface area contributed by atoms with Crippen LogP contribution in [0.1, 0.15) is 87.8 Å². The summed E-state index contributed by atoms with van der Waals surface area (Å²) in [7, 11) is 2.95. The fourth-order valence-corrected chi connectivity index (χ4v) is 5.57. The second-order valence-electron chi connectivity index (χ2n) is 12.6. The molecule has 0 fully saturated rings. The molecule has 0 unspecified atom stereocenters. The number of nitrogens with zero attached hydrogens (tertiary/aromatic N) is 1. The molecule has 6 nitrogen and oxygen atoms in total. The van der Waals surface area contributed by atoms with Crippen LogP contribution in [0.4, 0.5) is 13.2 Å². The predicted octanol–water partition coefficient (Wildman–Crippen LogP) is 6.83. The highest BCUT2D eigenvalue weighted by atomic mass is 19.4. The molecule has 0 spiro atoms. The summed E-state index contributed by atoms with van der Waals surface area (Å²) >= 11 is 0. The van der Waals surface area contributed by atoms with Gasteiger partial charge in [0.1, 0.15) is 0 Å². The first kappa shape index (κ1) is 32.6. The maximum atomic E-state index is 13.4. The van der Waals surface area contributed by atoms with Crippen molar-refractivity contribution in [2.45, 2.75) is 85.5 Å². The molecular weight excluding hydrogens is 533 g/mol. The van der Waals surface area contributed by atoms with Gasteiger partial charge in [0.2, 0.25) is 5.88 Å². The Morgan fingerprint density at radius 2 is 1.85 bits per heavy atom. The molecule has 2 atom stereocenters. The van der Waals surface area contributed by atoms with Crippen LogP contribution in [-0.2, 0) is 22.1 Å². The molecule has 1 aliphatic rings. The number of benzene rings is 1. The summed E-state index contributed by atoms with van der Waals surface area (Å²) in [5.41, 5.74) is 3.17. The first-order chi connectivity index (χ1) is 19.0. The summed E-state index contributed by atoms with van der Waals surface area (Å²) in [5.74, 6) is 0.186. The second-order valence-corrected chi connectivity index (χ2v) is 12.6. The van der Waals surface area contributed by atoms with Crippen molar-refractivity contribution in [2.75, 3.05) is 20.8 Å². The lowest BCUT2D eigenvalue weighted by molar-refractivity contribution is -0.150. The lowest BCUT2D eigenvalue weighted by Crippen LogP contribution is -2.35. The van der Waals surface area contributed by atoms with E-state index in [0.717, 1.165) is 53.7 Å². The molecule has 0 saturated heterocycles. The molecule has 2 aromatic rings. The van der Waals surface area contributed by atoms with Crippen molar-refractivity contribution in [1.29, 1.82) is 0 Å². The lowest BCUT2D eigenvalue weighted by atomic mass is 9.72. The van der Waals surface area contributed by atoms with Gasteiger partial charge in [-0.2, -0.15) is 13.2 Å². The molecule has 9 heteroatoms. The van der Waals surface area contributed by atoms with Crippen LogP contribution in [0.5, 0.6) is 5.88 Å². The number of carbonyl (C=O) groups is 1. The van der Waals surface area contributed by atoms with E-state index in [0.29, 0.717) is 24.4 Å². The molecule has 0 aliphatic heterocycles. The highest BCUT2D eigenvalue weighted by molar-refractivity contribution is 5.77. The molecule has 1 aliphatic carbocycles. The molecule has 0 saturated carbocycles. The third-order valence-electron chi connectivity index (χ3n) is 7.86. The number of carbonyl (C=O) groups excluding carboxylic acids is 1. The Hall–Kier alpha value is -2.91. The summed E-state index contributed by atoms with van der Waals surface area (Å²) in [4.78, 5) is 16.9. The molecule has 0 radical (unpaired) electrons. The van der Waals surface area contributed by atoms with E-state index in [1.165, 1.54) is 7.11 Å². The van der Waals surface area contributed by atoms with Crippen molar-refractivity contribution in [3.05, 3.63) is 63.9 Å². The molecule has 1 heterocycles. The minimum atomic E-state index is -4.49. The normalized spacial score (nSPS) is 17.3. The summed E-state index contributed by atoms with van der Waals surface area (Å²) in [6.45, 7) is 11.9. The molecule has 0 bridgehead atoms. The summed E-state index contributed by atoms with van der Waals surface area (Å²) in [5, 5.41) is 14.4. The van der Waals surface area contributed by atoms with Gasteiger partial charge in [-0.15, -0.1) is 0 Å². The van der Waals surface area contributed by atoms with E-state index < -0.39 is 29.3 Å². The first-order valence-corrected chi connectivity index (χ1v) is 13.9. The number of methoxy groups -OCH3 is 2. The van der Waals surface area contributed by atoms with Crippen LogP contribution in [0.15, 0.2) is 36.0 Å². The van der Waals surface area contributed by atoms with Crippen molar-refractivity contribution in [3.63, 3.8) is 0 Å². The fraction of sp³-hybridized carbons (Fsp3) is 0.562. The quantitative estimate of drug-likeness (QED) is 0.302. The Morgan fingerprint density at radius 3 is 2.46 bits per heavy atom. The Bertz CT molecular complexity index is 1280. The van der Waals surface area contributed by atoms with Gasteiger partial charge in [-0.25, -0.2) is 4.98 Å². The maximum Gasteiger partial charge on any atom is 0.416 e. The average molecular weight is 577 g/mol. The predicted molar refractivity (Wildman–Crippen MR) is 153 cm³/mol. The molecule has 1 aromatic heterocycles. The Balaban J connectivity index is 1.93. The van der Waals surface area contributed by atoms with E-state index in [9.17, 15) is 23.1 Å². The zero-order chi connectivity index (χ0) is 30.8. The standard InChI is InChI=1S/C32H43F3N2O4/c1-19-11-22(14-24(12-19)32(33,34)35)27(38)20(2)36-18-23-16-30(3,4)10-9-25(23)26-13-21(17-37-28(26)40-7)15-31(5,6)29(39)41-8/h11-14,17,20,27,36,38H,9-10,15-16,18H2,1-8H3/t20-,27-/m0/s1. The Kier molecular flexibility index (Phi) is 9.96. The zero-order valence-electron chi connectivity index (χ0n) is 25.3. The Labute approximate surface area is 241 Å². The number of hydrogen-bond donors (Lipinski definition) is 2. The van der Waals surface area contributed by atoms with E-state index in [1.807, 2.05) is 19.9 Å². The van der Waals surface area contributed by atoms with Gasteiger partial charge in [0.05, 0.1) is 31.3 Å². The zero-order valence-corrected chi connectivity index (χ0v) is 25.3. The van der Waals surface area contributed by atoms with Crippen molar-refractivity contribution in [1.82, 2.24) is 10.3 Å². The van der Waals surface area contributed by atoms with Gasteiger partial charge >= 0.3 is 12.1 Å². The molecule has 1 aromatic carbocycles. The summed E-state index contributed by atoms with van der Waals surface area (Å²) < 4.78 is 50.7. The number of hydrogen-bond acceptors (Lipinski definition) is 6. The second kappa shape index (κ2) is 12.5. The minimum Gasteiger partial charge on any atom is -0.481 e. The van der Waals surface area contributed by atoms with Crippen LogP contribution >= 0.6 is 0 Å². The molecule has 3 rings (SSSR count). The number of aromatic nitrogens is 1. The van der Waals surface area contributed by atoms with Crippen molar-refractivity contribution in [2.24, 2.45) is 10.8 Å². The number of allylic oxidation sites excluding steroid dienone is 1. The molecular formula is C32H43F3N2O4. The third-order valence-corrected chi connectivity index (χ3v) is 7.86. The van der Waals surface area contributed by atoms with Gasteiger partial charge in [0, 0.05) is 24.3 Å². The number of pyridine rings is 1. The highest BCUT2D eigenvalue weighted by Gasteiger charge is 2.34. The number of aliphatic hydroxyl groups excluding tert-OH is 1. The van der Waals surface area contributed by atoms with Crippen LogP contribution < -0.4 is 10.1 Å². The van der Waals surface area contributed by atoms with Crippen LogP contribution in [0.3, 0.4) is 0 Å². The number of nitrogens with one attached hydrogen (secondary N) is 1. The number of alkyl halides is 3. The topological polar surface area (TPSA) is 80.7 Å². The van der Waals surface area contributed by atoms with Crippen LogP contribution in [0.2, 0.25) is 0 Å². The van der Waals surface area contributed by atoms with Gasteiger partial charge in [0.15, 0.2) is 0 Å². The number of aliphatic hydroxyl groups is 1. The van der Waals surface area contributed by atoms with Crippen LogP contribution in [-0.4, -0.2) is 42.9 Å². The van der Waals surface area contributed by atoms with Gasteiger partial charge in [0.25, 0.3) is 0 Å². The summed E-state index contributed by atoms with van der Waals surface area (Å²) in [6, 6.07) is 5.20. The number of halogens is 3. The van der Waals surface area contributed by atoms with Gasteiger partial charge in [-0.3, -0.25) is 4.79 Å². The van der Waals surface area contributed by atoms with Gasteiger partial charge < -0.3 is 19.9 Å². The Morgan fingerprint density at radius 1 is 1.17 bits per heavy atom. The third kappa shape index (κ3) is 8.10. The smallest absolute Gasteiger partial charge is 0.416 e. The van der Waals surface area contributed by atoms with Gasteiger partial charge in [-0.1, -0.05) is 31.1 Å². The number of rotatable bonds is 10. The lowest BCUT2D eigenvalue weighted by Gasteiger charge is -2.35. The van der Waals surface area contributed by atoms with Gasteiger partial charge in [-0.05, 0) is 93.7 Å². The minimum absolute atomic E-state index is 0.0473. The molecule has 0 amide bonds. The van der Waals surface area contributed by atoms with E-state index in [4.69, 9.17) is 9.47 Å². The van der Waals surface area contributed by atoms with Crippen molar-refractivity contribution in [3.8, 4) is 5.88 Å².